The van der Waals surface area contributed by atoms with E-state index in [0.29, 0.717) is 30.9 Å². The van der Waals surface area contributed by atoms with E-state index < -0.39 is 0 Å². The van der Waals surface area contributed by atoms with E-state index in [-0.39, 0.29) is 29.0 Å². The first-order chi connectivity index (χ1) is 10.9. The number of hydrogen-bond acceptors (Lipinski definition) is 4. The van der Waals surface area contributed by atoms with Gasteiger partial charge in [-0.2, -0.15) is 0 Å². The van der Waals surface area contributed by atoms with E-state index in [9.17, 15) is 9.59 Å². The molecule has 2 saturated carbocycles. The Morgan fingerprint density at radius 3 is 2.52 bits per heavy atom. The molecule has 0 aromatic heterocycles. The largest absolute Gasteiger partial charge is 0.463 e. The van der Waals surface area contributed by atoms with Crippen LogP contribution in [0.3, 0.4) is 0 Å². The molecule has 126 valence electrons. The lowest BCUT2D eigenvalue weighted by atomic mass is 9.63. The van der Waals surface area contributed by atoms with E-state index >= 15 is 0 Å². The molecule has 1 heterocycles. The van der Waals surface area contributed by atoms with Crippen LogP contribution in [0.2, 0.25) is 0 Å². The maximum atomic E-state index is 12.9. The van der Waals surface area contributed by atoms with Crippen LogP contribution in [0.15, 0.2) is 16.3 Å². The molecule has 23 heavy (non-hydrogen) atoms. The van der Waals surface area contributed by atoms with Crippen molar-refractivity contribution in [3.63, 3.8) is 0 Å². The number of carbonyl (C=O) groups excluding carboxylic acids is 2. The van der Waals surface area contributed by atoms with Crippen molar-refractivity contribution < 1.29 is 14.3 Å². The van der Waals surface area contributed by atoms with Crippen molar-refractivity contribution in [2.75, 3.05) is 6.61 Å². The molecule has 1 aliphatic heterocycles. The third kappa shape index (κ3) is 3.00. The topological polar surface area (TPSA) is 55.7 Å². The summed E-state index contributed by atoms with van der Waals surface area (Å²) in [7, 11) is 0. The van der Waals surface area contributed by atoms with Gasteiger partial charge in [0.2, 0.25) is 0 Å². The molecule has 3 aliphatic rings. The van der Waals surface area contributed by atoms with Crippen molar-refractivity contribution in [2.45, 2.75) is 59.8 Å². The summed E-state index contributed by atoms with van der Waals surface area (Å²) in [6, 6.07) is 0. The summed E-state index contributed by atoms with van der Waals surface area (Å²) < 4.78 is 5.30. The Hall–Kier alpha value is -1.45. The molecule has 0 aromatic carbocycles. The number of nitrogens with zero attached hydrogens (tertiary/aromatic N) is 1. The fourth-order valence-corrected chi connectivity index (χ4v) is 4.23. The van der Waals surface area contributed by atoms with Gasteiger partial charge in [0.1, 0.15) is 5.78 Å². The second kappa shape index (κ2) is 5.88. The highest BCUT2D eigenvalue weighted by molar-refractivity contribution is 6.11. The van der Waals surface area contributed by atoms with Gasteiger partial charge in [-0.25, -0.2) is 4.79 Å². The van der Waals surface area contributed by atoms with E-state index in [0.717, 1.165) is 30.7 Å². The molecule has 2 unspecified atom stereocenters. The van der Waals surface area contributed by atoms with Gasteiger partial charge in [-0.15, -0.1) is 0 Å². The van der Waals surface area contributed by atoms with Gasteiger partial charge < -0.3 is 4.74 Å². The predicted molar refractivity (Wildman–Crippen MR) is 89.1 cm³/mol. The standard InChI is InChI=1S/C19H27NO3/c1-5-12-17(18(22)23-6-2)15(11-7-8-11)16-13(20-12)9-19(3,4)10-14(16)21/h11,15-16H,5-10H2,1-4H3. The summed E-state index contributed by atoms with van der Waals surface area (Å²) in [4.78, 5) is 30.2. The summed E-state index contributed by atoms with van der Waals surface area (Å²) in [6.45, 7) is 8.47. The third-order valence-electron chi connectivity index (χ3n) is 5.26. The summed E-state index contributed by atoms with van der Waals surface area (Å²) in [5.41, 5.74) is 2.52. The number of ketones is 1. The van der Waals surface area contributed by atoms with Gasteiger partial charge in [0.15, 0.2) is 0 Å². The van der Waals surface area contributed by atoms with Gasteiger partial charge in [0.25, 0.3) is 0 Å². The van der Waals surface area contributed by atoms with Gasteiger partial charge in [0, 0.05) is 18.1 Å². The summed E-state index contributed by atoms with van der Waals surface area (Å²) in [5, 5.41) is 0. The fourth-order valence-electron chi connectivity index (χ4n) is 4.23. The van der Waals surface area contributed by atoms with Gasteiger partial charge in [-0.1, -0.05) is 20.8 Å². The highest BCUT2D eigenvalue weighted by atomic mass is 16.5. The van der Waals surface area contributed by atoms with Crippen LogP contribution in [-0.4, -0.2) is 24.1 Å². The van der Waals surface area contributed by atoms with Crippen molar-refractivity contribution >= 4 is 17.5 Å². The monoisotopic (exact) mass is 317 g/mol. The number of aliphatic imine (C=N–C) groups is 1. The average molecular weight is 317 g/mol. The van der Waals surface area contributed by atoms with Crippen LogP contribution >= 0.6 is 0 Å². The highest BCUT2D eigenvalue weighted by Crippen LogP contribution is 2.51. The third-order valence-corrected chi connectivity index (χ3v) is 5.26. The van der Waals surface area contributed by atoms with E-state index in [4.69, 9.17) is 9.73 Å². The van der Waals surface area contributed by atoms with Gasteiger partial charge >= 0.3 is 5.97 Å². The maximum Gasteiger partial charge on any atom is 0.336 e. The zero-order valence-electron chi connectivity index (χ0n) is 14.6. The minimum absolute atomic E-state index is 0.0000926. The van der Waals surface area contributed by atoms with Crippen LogP contribution in [0.5, 0.6) is 0 Å². The Morgan fingerprint density at radius 2 is 1.96 bits per heavy atom. The van der Waals surface area contributed by atoms with Crippen LogP contribution in [0.1, 0.15) is 59.8 Å². The molecule has 3 rings (SSSR count). The van der Waals surface area contributed by atoms with E-state index in [1.807, 2.05) is 13.8 Å². The van der Waals surface area contributed by atoms with Crippen molar-refractivity contribution in [2.24, 2.45) is 28.2 Å². The fraction of sp³-hybridized carbons (Fsp3) is 0.737. The van der Waals surface area contributed by atoms with Gasteiger partial charge in [-0.05, 0) is 43.9 Å². The van der Waals surface area contributed by atoms with Crippen molar-refractivity contribution in [3.8, 4) is 0 Å². The molecule has 4 nitrogen and oxygen atoms in total. The molecule has 0 saturated heterocycles. The maximum absolute atomic E-state index is 12.9. The number of allylic oxidation sites excluding steroid dienone is 1. The molecule has 0 radical (unpaired) electrons. The average Bonchev–Trinajstić information content (AvgIpc) is 3.28. The van der Waals surface area contributed by atoms with E-state index in [1.165, 1.54) is 0 Å². The summed E-state index contributed by atoms with van der Waals surface area (Å²) in [6.07, 6.45) is 4.35. The Kier molecular flexibility index (Phi) is 4.19. The Bertz CT molecular complexity index is 596. The number of rotatable bonds is 4. The zero-order valence-corrected chi connectivity index (χ0v) is 14.6. The van der Waals surface area contributed by atoms with Crippen molar-refractivity contribution in [1.29, 1.82) is 0 Å². The SMILES string of the molecule is CCOC(=O)C1=C(CC)N=C2CC(C)(C)CC(=O)C2C1C1CC1. The van der Waals surface area contributed by atoms with Crippen molar-refractivity contribution in [1.82, 2.24) is 0 Å². The highest BCUT2D eigenvalue weighted by Gasteiger charge is 2.52. The smallest absolute Gasteiger partial charge is 0.336 e. The van der Waals surface area contributed by atoms with Crippen LogP contribution in [0, 0.1) is 23.2 Å². The second-order valence-electron chi connectivity index (χ2n) is 7.86. The van der Waals surface area contributed by atoms with E-state index in [1.54, 1.807) is 0 Å². The second-order valence-corrected chi connectivity index (χ2v) is 7.86. The molecule has 0 N–H and O–H groups in total. The minimum atomic E-state index is -0.262. The zero-order chi connectivity index (χ0) is 16.8. The Morgan fingerprint density at radius 1 is 1.26 bits per heavy atom. The number of ether oxygens (including phenoxy) is 1. The molecule has 2 fully saturated rings. The van der Waals surface area contributed by atoms with Gasteiger partial charge in [0.05, 0.1) is 23.8 Å². The molecular weight excluding hydrogens is 290 g/mol. The van der Waals surface area contributed by atoms with Crippen LogP contribution < -0.4 is 0 Å². The molecule has 0 amide bonds. The quantitative estimate of drug-likeness (QED) is 0.743. The molecule has 2 atom stereocenters. The molecular formula is C19H27NO3. The van der Waals surface area contributed by atoms with Crippen molar-refractivity contribution in [3.05, 3.63) is 11.3 Å². The first kappa shape index (κ1) is 16.4. The Balaban J connectivity index is 2.07. The van der Waals surface area contributed by atoms with Gasteiger partial charge in [-0.3, -0.25) is 9.79 Å². The molecule has 4 heteroatoms. The van der Waals surface area contributed by atoms with E-state index in [2.05, 4.69) is 13.8 Å². The predicted octanol–water partition coefficient (Wildman–Crippen LogP) is 3.70. The summed E-state index contributed by atoms with van der Waals surface area (Å²) in [5.74, 6) is 0.248. The Labute approximate surface area is 138 Å². The number of carbonyl (C=O) groups is 2. The van der Waals surface area contributed by atoms with Crippen LogP contribution in [0.4, 0.5) is 0 Å². The molecule has 0 aromatic rings. The normalized spacial score (nSPS) is 29.9. The first-order valence-electron chi connectivity index (χ1n) is 8.88. The summed E-state index contributed by atoms with van der Waals surface area (Å²) >= 11 is 0. The minimum Gasteiger partial charge on any atom is -0.463 e. The first-order valence-corrected chi connectivity index (χ1v) is 8.88. The lowest BCUT2D eigenvalue weighted by molar-refractivity contribution is -0.139. The van der Waals surface area contributed by atoms with Crippen LogP contribution in [-0.2, 0) is 14.3 Å². The number of hydrogen-bond donors (Lipinski definition) is 0. The number of Topliss-reactive ketones (excluding diaryl/α,β-unsaturated/α-hetero) is 1. The molecule has 0 spiro atoms. The lowest BCUT2D eigenvalue weighted by Gasteiger charge is -2.41. The van der Waals surface area contributed by atoms with Crippen LogP contribution in [0.25, 0.3) is 0 Å². The lowest BCUT2D eigenvalue weighted by Crippen LogP contribution is -2.45. The molecule has 2 aliphatic carbocycles. The number of esters is 1. The number of fused-ring (bicyclic) bond motifs is 1. The molecule has 0 bridgehead atoms.